The molecule has 1 atom stereocenters. The van der Waals surface area contributed by atoms with Gasteiger partial charge in [-0.3, -0.25) is 10.1 Å². The molecular weight excluding hydrogens is 206 g/mol. The first-order valence-electron chi connectivity index (χ1n) is 6.16. The Morgan fingerprint density at radius 2 is 1.88 bits per heavy atom. The van der Waals surface area contributed by atoms with E-state index in [4.69, 9.17) is 5.11 Å². The maximum Gasteiger partial charge on any atom is 0.320 e. The van der Waals surface area contributed by atoms with Crippen LogP contribution in [0, 0.1) is 0 Å². The van der Waals surface area contributed by atoms with Gasteiger partial charge in [0.2, 0.25) is 0 Å². The van der Waals surface area contributed by atoms with Crippen LogP contribution in [0.15, 0.2) is 0 Å². The Morgan fingerprint density at radius 3 is 2.19 bits per heavy atom. The molecule has 0 aromatic heterocycles. The Morgan fingerprint density at radius 1 is 1.31 bits per heavy atom. The molecule has 0 aliphatic rings. The first-order valence-corrected chi connectivity index (χ1v) is 6.16. The number of rotatable bonds is 9. The van der Waals surface area contributed by atoms with Crippen LogP contribution in [0.25, 0.3) is 0 Å². The van der Waals surface area contributed by atoms with E-state index >= 15 is 0 Å². The molecule has 4 nitrogen and oxygen atoms in total. The van der Waals surface area contributed by atoms with Crippen LogP contribution in [-0.4, -0.2) is 34.4 Å². The van der Waals surface area contributed by atoms with Crippen LogP contribution < -0.4 is 5.32 Å². The first kappa shape index (κ1) is 15.4. The maximum absolute atomic E-state index is 11.1. The minimum absolute atomic E-state index is 0.0180. The number of carboxylic acids is 1. The summed E-state index contributed by atoms with van der Waals surface area (Å²) in [7, 11) is 0. The lowest BCUT2D eigenvalue weighted by Gasteiger charge is -2.34. The Balaban J connectivity index is 4.50. The highest BCUT2D eigenvalue weighted by molar-refractivity contribution is 5.73. The van der Waals surface area contributed by atoms with Crippen LogP contribution in [0.5, 0.6) is 0 Å². The molecule has 0 spiro atoms. The molecule has 16 heavy (non-hydrogen) atoms. The highest BCUT2D eigenvalue weighted by Gasteiger charge is 2.30. The minimum atomic E-state index is -0.826. The lowest BCUT2D eigenvalue weighted by Crippen LogP contribution is -2.54. The fraction of sp³-hybridized carbons (Fsp3) is 0.917. The van der Waals surface area contributed by atoms with Gasteiger partial charge in [0.05, 0.1) is 6.61 Å². The van der Waals surface area contributed by atoms with E-state index in [2.05, 4.69) is 5.32 Å². The maximum atomic E-state index is 11.1. The predicted octanol–water partition coefficient (Wildman–Crippen LogP) is 1.77. The number of hydrogen-bond acceptors (Lipinski definition) is 3. The molecule has 0 aliphatic carbocycles. The molecule has 0 aromatic rings. The van der Waals surface area contributed by atoms with Gasteiger partial charge in [-0.1, -0.05) is 33.6 Å². The molecule has 0 saturated carbocycles. The molecule has 0 rings (SSSR count). The second kappa shape index (κ2) is 7.63. The number of carbonyl (C=O) groups is 1. The molecule has 0 aromatic carbocycles. The molecule has 0 heterocycles. The summed E-state index contributed by atoms with van der Waals surface area (Å²) < 4.78 is 0. The third-order valence-electron chi connectivity index (χ3n) is 3.28. The number of aliphatic hydroxyl groups is 1. The van der Waals surface area contributed by atoms with Crippen molar-refractivity contribution in [1.82, 2.24) is 5.32 Å². The molecule has 0 amide bonds. The summed E-state index contributed by atoms with van der Waals surface area (Å²) in [6.07, 6.45) is 3.95. The number of hydrogen-bond donors (Lipinski definition) is 3. The summed E-state index contributed by atoms with van der Waals surface area (Å²) in [5, 5.41) is 21.6. The van der Waals surface area contributed by atoms with E-state index in [0.29, 0.717) is 6.42 Å². The van der Waals surface area contributed by atoms with E-state index in [9.17, 15) is 9.90 Å². The molecule has 4 heteroatoms. The van der Waals surface area contributed by atoms with Crippen molar-refractivity contribution in [3.8, 4) is 0 Å². The van der Waals surface area contributed by atoms with E-state index in [1.807, 2.05) is 20.8 Å². The average molecular weight is 231 g/mol. The van der Waals surface area contributed by atoms with Gasteiger partial charge in [0.25, 0.3) is 0 Å². The van der Waals surface area contributed by atoms with E-state index in [1.54, 1.807) is 0 Å². The van der Waals surface area contributed by atoms with Crippen LogP contribution in [0.3, 0.4) is 0 Å². The molecule has 0 radical (unpaired) electrons. The molecule has 0 bridgehead atoms. The van der Waals surface area contributed by atoms with Gasteiger partial charge in [0.1, 0.15) is 6.04 Å². The number of nitrogens with one attached hydrogen (secondary N) is 1. The van der Waals surface area contributed by atoms with Crippen molar-refractivity contribution in [2.75, 3.05) is 6.61 Å². The summed E-state index contributed by atoms with van der Waals surface area (Å²) >= 11 is 0. The third kappa shape index (κ3) is 4.49. The van der Waals surface area contributed by atoms with Gasteiger partial charge in [-0.25, -0.2) is 0 Å². The summed E-state index contributed by atoms with van der Waals surface area (Å²) in [6.45, 7) is 5.95. The van der Waals surface area contributed by atoms with Crippen LogP contribution in [0.2, 0.25) is 0 Å². The van der Waals surface area contributed by atoms with Crippen molar-refractivity contribution in [2.24, 2.45) is 0 Å². The van der Waals surface area contributed by atoms with Crippen molar-refractivity contribution in [3.05, 3.63) is 0 Å². The van der Waals surface area contributed by atoms with Crippen molar-refractivity contribution >= 4 is 5.97 Å². The van der Waals surface area contributed by atoms with Crippen LogP contribution >= 0.6 is 0 Å². The zero-order valence-corrected chi connectivity index (χ0v) is 10.6. The lowest BCUT2D eigenvalue weighted by atomic mass is 9.92. The number of aliphatic carboxylic acids is 1. The summed E-state index contributed by atoms with van der Waals surface area (Å²) in [4.78, 5) is 11.1. The summed E-state index contributed by atoms with van der Waals surface area (Å²) in [5.74, 6) is -0.826. The average Bonchev–Trinajstić information content (AvgIpc) is 2.30. The van der Waals surface area contributed by atoms with Gasteiger partial charge in [-0.05, 0) is 19.3 Å². The Labute approximate surface area is 98.1 Å². The third-order valence-corrected chi connectivity index (χ3v) is 3.28. The largest absolute Gasteiger partial charge is 0.480 e. The van der Waals surface area contributed by atoms with Crippen molar-refractivity contribution in [3.63, 3.8) is 0 Å². The first-order chi connectivity index (χ1) is 7.55. The second-order valence-corrected chi connectivity index (χ2v) is 4.32. The lowest BCUT2D eigenvalue weighted by molar-refractivity contribution is -0.140. The monoisotopic (exact) mass is 231 g/mol. The van der Waals surface area contributed by atoms with Crippen molar-refractivity contribution in [2.45, 2.75) is 64.5 Å². The Kier molecular flexibility index (Phi) is 7.34. The fourth-order valence-corrected chi connectivity index (χ4v) is 1.76. The van der Waals surface area contributed by atoms with Crippen LogP contribution in [0.4, 0.5) is 0 Å². The number of unbranched alkanes of at least 4 members (excludes halogenated alkanes) is 1. The van der Waals surface area contributed by atoms with E-state index in [0.717, 1.165) is 25.7 Å². The molecule has 0 fully saturated rings. The SMILES string of the molecule is CCCCC(NC(CC)(CC)CO)C(=O)O. The molecule has 1 unspecified atom stereocenters. The zero-order valence-electron chi connectivity index (χ0n) is 10.6. The Bertz CT molecular complexity index is 194. The topological polar surface area (TPSA) is 69.6 Å². The number of carboxylic acid groups (broad SMARTS) is 1. The van der Waals surface area contributed by atoms with Gasteiger partial charge in [-0.15, -0.1) is 0 Å². The van der Waals surface area contributed by atoms with E-state index in [-0.39, 0.29) is 6.61 Å². The minimum Gasteiger partial charge on any atom is -0.480 e. The number of aliphatic hydroxyl groups excluding tert-OH is 1. The van der Waals surface area contributed by atoms with Crippen molar-refractivity contribution < 1.29 is 15.0 Å². The fourth-order valence-electron chi connectivity index (χ4n) is 1.76. The molecule has 0 saturated heterocycles. The van der Waals surface area contributed by atoms with Gasteiger partial charge in [-0.2, -0.15) is 0 Å². The van der Waals surface area contributed by atoms with Gasteiger partial charge in [0, 0.05) is 5.54 Å². The molecule has 96 valence electrons. The predicted molar refractivity (Wildman–Crippen MR) is 64.5 cm³/mol. The van der Waals surface area contributed by atoms with Gasteiger partial charge < -0.3 is 10.2 Å². The second-order valence-electron chi connectivity index (χ2n) is 4.32. The zero-order chi connectivity index (χ0) is 12.6. The van der Waals surface area contributed by atoms with Crippen molar-refractivity contribution in [1.29, 1.82) is 0 Å². The normalized spacial score (nSPS) is 13.8. The summed E-state index contributed by atoms with van der Waals surface area (Å²) in [5.41, 5.74) is -0.448. The molecule has 3 N–H and O–H groups in total. The highest BCUT2D eigenvalue weighted by atomic mass is 16.4. The Hall–Kier alpha value is -0.610. The highest BCUT2D eigenvalue weighted by Crippen LogP contribution is 2.16. The quantitative estimate of drug-likeness (QED) is 0.565. The molecular formula is C12H25NO3. The van der Waals surface area contributed by atoms with Crippen LogP contribution in [0.1, 0.15) is 52.9 Å². The molecule has 0 aliphatic heterocycles. The van der Waals surface area contributed by atoms with Crippen LogP contribution in [-0.2, 0) is 4.79 Å². The van der Waals surface area contributed by atoms with E-state index < -0.39 is 17.6 Å². The smallest absolute Gasteiger partial charge is 0.320 e. The summed E-state index contributed by atoms with van der Waals surface area (Å²) in [6, 6.07) is -0.549. The van der Waals surface area contributed by atoms with E-state index in [1.165, 1.54) is 0 Å². The standard InChI is InChI=1S/C12H25NO3/c1-4-7-8-10(11(15)16)13-12(5-2,6-3)9-14/h10,13-14H,4-9H2,1-3H3,(H,15,16). The van der Waals surface area contributed by atoms with Gasteiger partial charge in [0.15, 0.2) is 0 Å². The van der Waals surface area contributed by atoms with Gasteiger partial charge >= 0.3 is 5.97 Å².